The highest BCUT2D eigenvalue weighted by Gasteiger charge is 2.29. The van der Waals surface area contributed by atoms with Crippen molar-refractivity contribution >= 4 is 21.6 Å². The standard InChI is InChI=1S/C20H31N3O3S/c1-16-5-3-11-22(14-16)19-9-7-17(8-10-19)13-21-20(24)18-6-4-12-23(15-18)27(2,25)26/h7-10,16,18H,3-6,11-15H2,1-2H3,(H,21,24)/t16-,18+/m0/s1. The first-order chi connectivity index (χ1) is 12.8. The lowest BCUT2D eigenvalue weighted by atomic mass is 9.98. The van der Waals surface area contributed by atoms with Crippen molar-refractivity contribution in [2.45, 2.75) is 39.2 Å². The first kappa shape index (κ1) is 20.1. The van der Waals surface area contributed by atoms with Crippen molar-refractivity contribution in [1.82, 2.24) is 9.62 Å². The van der Waals surface area contributed by atoms with Crippen molar-refractivity contribution in [2.24, 2.45) is 11.8 Å². The number of carbonyl (C=O) groups is 1. The third-order valence-electron chi connectivity index (χ3n) is 5.65. The van der Waals surface area contributed by atoms with Gasteiger partial charge in [-0.25, -0.2) is 12.7 Å². The van der Waals surface area contributed by atoms with Gasteiger partial charge < -0.3 is 10.2 Å². The van der Waals surface area contributed by atoms with E-state index in [2.05, 4.69) is 41.4 Å². The van der Waals surface area contributed by atoms with Gasteiger partial charge in [0.2, 0.25) is 15.9 Å². The van der Waals surface area contributed by atoms with Crippen LogP contribution in [0.5, 0.6) is 0 Å². The van der Waals surface area contributed by atoms with Crippen LogP contribution in [-0.2, 0) is 21.4 Å². The third kappa shape index (κ3) is 5.45. The Morgan fingerprint density at radius 2 is 1.81 bits per heavy atom. The average molecular weight is 394 g/mol. The topological polar surface area (TPSA) is 69.7 Å². The summed E-state index contributed by atoms with van der Waals surface area (Å²) in [6.45, 7) is 5.79. The fraction of sp³-hybridized carbons (Fsp3) is 0.650. The minimum atomic E-state index is -3.23. The molecule has 0 spiro atoms. The predicted molar refractivity (Wildman–Crippen MR) is 108 cm³/mol. The first-order valence-corrected chi connectivity index (χ1v) is 11.7. The summed E-state index contributed by atoms with van der Waals surface area (Å²) in [4.78, 5) is 14.9. The lowest BCUT2D eigenvalue weighted by Gasteiger charge is -2.33. The molecule has 1 amide bonds. The van der Waals surface area contributed by atoms with Crippen molar-refractivity contribution in [3.05, 3.63) is 29.8 Å². The van der Waals surface area contributed by atoms with Crippen molar-refractivity contribution < 1.29 is 13.2 Å². The van der Waals surface area contributed by atoms with Gasteiger partial charge in [0, 0.05) is 38.4 Å². The largest absolute Gasteiger partial charge is 0.371 e. The molecule has 2 fully saturated rings. The second-order valence-corrected chi connectivity index (χ2v) is 10.0. The maximum Gasteiger partial charge on any atom is 0.224 e. The van der Waals surface area contributed by atoms with Crippen LogP contribution in [0.25, 0.3) is 0 Å². The second kappa shape index (κ2) is 8.61. The highest BCUT2D eigenvalue weighted by Crippen LogP contribution is 2.23. The number of piperidine rings is 2. The average Bonchev–Trinajstić information content (AvgIpc) is 2.66. The molecule has 0 bridgehead atoms. The van der Waals surface area contributed by atoms with E-state index in [9.17, 15) is 13.2 Å². The number of hydrogen-bond acceptors (Lipinski definition) is 4. The number of nitrogens with zero attached hydrogens (tertiary/aromatic N) is 2. The number of carbonyl (C=O) groups excluding carboxylic acids is 1. The summed E-state index contributed by atoms with van der Waals surface area (Å²) in [5.74, 6) is 0.416. The molecular weight excluding hydrogens is 362 g/mol. The summed E-state index contributed by atoms with van der Waals surface area (Å²) in [6, 6.07) is 8.40. The van der Waals surface area contributed by atoms with Crippen LogP contribution in [0, 0.1) is 11.8 Å². The Labute approximate surface area is 163 Å². The molecule has 2 atom stereocenters. The van der Waals surface area contributed by atoms with E-state index in [0.29, 0.717) is 13.1 Å². The van der Waals surface area contributed by atoms with Gasteiger partial charge in [-0.05, 0) is 49.3 Å². The van der Waals surface area contributed by atoms with Crippen molar-refractivity contribution in [1.29, 1.82) is 0 Å². The number of hydrogen-bond donors (Lipinski definition) is 1. The maximum absolute atomic E-state index is 12.5. The molecule has 2 aliphatic heterocycles. The number of sulfonamides is 1. The molecule has 27 heavy (non-hydrogen) atoms. The SMILES string of the molecule is C[C@H]1CCCN(c2ccc(CNC(=O)[C@@H]3CCCN(S(C)(=O)=O)C3)cc2)C1. The van der Waals surface area contributed by atoms with E-state index in [0.717, 1.165) is 37.4 Å². The van der Waals surface area contributed by atoms with Crippen LogP contribution in [0.1, 0.15) is 38.2 Å². The number of rotatable bonds is 5. The molecule has 0 unspecified atom stereocenters. The van der Waals surface area contributed by atoms with Gasteiger partial charge in [0.05, 0.1) is 12.2 Å². The summed E-state index contributed by atoms with van der Waals surface area (Å²) in [7, 11) is -3.23. The van der Waals surface area contributed by atoms with Crippen LogP contribution < -0.4 is 10.2 Å². The summed E-state index contributed by atoms with van der Waals surface area (Å²) in [6.07, 6.45) is 5.22. The minimum absolute atomic E-state index is 0.0581. The van der Waals surface area contributed by atoms with Crippen LogP contribution in [0.4, 0.5) is 5.69 Å². The van der Waals surface area contributed by atoms with Crippen LogP contribution >= 0.6 is 0 Å². The van der Waals surface area contributed by atoms with Crippen LogP contribution in [0.2, 0.25) is 0 Å². The van der Waals surface area contributed by atoms with Gasteiger partial charge in [0.15, 0.2) is 0 Å². The van der Waals surface area contributed by atoms with Gasteiger partial charge in [-0.1, -0.05) is 19.1 Å². The van der Waals surface area contributed by atoms with E-state index in [1.807, 2.05) is 0 Å². The molecule has 1 aromatic rings. The highest BCUT2D eigenvalue weighted by molar-refractivity contribution is 7.88. The Morgan fingerprint density at radius 3 is 2.48 bits per heavy atom. The normalized spacial score (nSPS) is 24.6. The van der Waals surface area contributed by atoms with Crippen LogP contribution in [0.15, 0.2) is 24.3 Å². The van der Waals surface area contributed by atoms with Gasteiger partial charge in [-0.3, -0.25) is 4.79 Å². The molecule has 2 heterocycles. The molecule has 0 saturated carbocycles. The quantitative estimate of drug-likeness (QED) is 0.833. The summed E-state index contributed by atoms with van der Waals surface area (Å²) < 4.78 is 24.8. The Bertz CT molecular complexity index is 748. The Kier molecular flexibility index (Phi) is 6.42. The predicted octanol–water partition coefficient (Wildman–Crippen LogP) is 2.21. The molecule has 150 valence electrons. The fourth-order valence-corrected chi connectivity index (χ4v) is 4.95. The van der Waals surface area contributed by atoms with Gasteiger partial charge >= 0.3 is 0 Å². The maximum atomic E-state index is 12.5. The van der Waals surface area contributed by atoms with Crippen LogP contribution in [0.3, 0.4) is 0 Å². The van der Waals surface area contributed by atoms with Crippen molar-refractivity contribution in [3.8, 4) is 0 Å². The molecule has 3 rings (SSSR count). The third-order valence-corrected chi connectivity index (χ3v) is 6.92. The monoisotopic (exact) mass is 393 g/mol. The van der Waals surface area contributed by atoms with E-state index in [1.165, 1.54) is 29.1 Å². The molecule has 0 aromatic heterocycles. The summed E-state index contributed by atoms with van der Waals surface area (Å²) >= 11 is 0. The number of anilines is 1. The molecule has 7 heteroatoms. The molecule has 1 N–H and O–H groups in total. The fourth-order valence-electron chi connectivity index (χ4n) is 4.04. The van der Waals surface area contributed by atoms with Gasteiger partial charge in [0.1, 0.15) is 0 Å². The molecule has 1 aromatic carbocycles. The number of benzene rings is 1. The van der Waals surface area contributed by atoms with Gasteiger partial charge in [-0.2, -0.15) is 0 Å². The molecule has 6 nitrogen and oxygen atoms in total. The molecule has 2 aliphatic rings. The molecule has 0 radical (unpaired) electrons. The summed E-state index contributed by atoms with van der Waals surface area (Å²) in [5, 5.41) is 2.97. The minimum Gasteiger partial charge on any atom is -0.371 e. The van der Waals surface area contributed by atoms with Crippen LogP contribution in [-0.4, -0.2) is 51.1 Å². The Hall–Kier alpha value is -1.60. The second-order valence-electron chi connectivity index (χ2n) is 8.04. The van der Waals surface area contributed by atoms with E-state index < -0.39 is 10.0 Å². The van der Waals surface area contributed by atoms with Gasteiger partial charge in [-0.15, -0.1) is 0 Å². The van der Waals surface area contributed by atoms with E-state index in [-0.39, 0.29) is 18.4 Å². The Morgan fingerprint density at radius 1 is 1.11 bits per heavy atom. The zero-order valence-electron chi connectivity index (χ0n) is 16.4. The first-order valence-electron chi connectivity index (χ1n) is 9.89. The lowest BCUT2D eigenvalue weighted by Crippen LogP contribution is -2.44. The highest BCUT2D eigenvalue weighted by atomic mass is 32.2. The smallest absolute Gasteiger partial charge is 0.224 e. The van der Waals surface area contributed by atoms with Crippen molar-refractivity contribution in [2.75, 3.05) is 37.3 Å². The van der Waals surface area contributed by atoms with Crippen molar-refractivity contribution in [3.63, 3.8) is 0 Å². The van der Waals surface area contributed by atoms with E-state index in [4.69, 9.17) is 0 Å². The Balaban J connectivity index is 1.51. The molecule has 0 aliphatic carbocycles. The zero-order valence-corrected chi connectivity index (χ0v) is 17.2. The summed E-state index contributed by atoms with van der Waals surface area (Å²) in [5.41, 5.74) is 2.31. The van der Waals surface area contributed by atoms with E-state index >= 15 is 0 Å². The van der Waals surface area contributed by atoms with Gasteiger partial charge in [0.25, 0.3) is 0 Å². The number of nitrogens with one attached hydrogen (secondary N) is 1. The zero-order chi connectivity index (χ0) is 19.4. The molecule has 2 saturated heterocycles. The lowest BCUT2D eigenvalue weighted by molar-refractivity contribution is -0.126. The molecular formula is C20H31N3O3S. The number of amides is 1. The van der Waals surface area contributed by atoms with E-state index in [1.54, 1.807) is 0 Å².